The van der Waals surface area contributed by atoms with Crippen LogP contribution in [0, 0.1) is 5.41 Å². The molecule has 1 unspecified atom stereocenters. The molecule has 64 valence electrons. The Balaban J connectivity index is 2.43. The third-order valence-electron chi connectivity index (χ3n) is 2.26. The van der Waals surface area contributed by atoms with E-state index in [1.54, 1.807) is 0 Å². The Morgan fingerprint density at radius 2 is 2.45 bits per heavy atom. The first-order valence-electron chi connectivity index (χ1n) is 4.05. The highest BCUT2D eigenvalue weighted by atomic mass is 16.4. The Labute approximate surface area is 66.8 Å². The summed E-state index contributed by atoms with van der Waals surface area (Å²) in [7, 11) is 0. The Morgan fingerprint density at radius 3 is 2.91 bits per heavy atom. The third-order valence-corrected chi connectivity index (χ3v) is 2.26. The van der Waals surface area contributed by atoms with Crippen LogP contribution in [0.5, 0.6) is 0 Å². The number of carboxylic acids is 1. The summed E-state index contributed by atoms with van der Waals surface area (Å²) >= 11 is 0. The van der Waals surface area contributed by atoms with Gasteiger partial charge in [0.15, 0.2) is 0 Å². The van der Waals surface area contributed by atoms with Crippen LogP contribution in [0.15, 0.2) is 0 Å². The van der Waals surface area contributed by atoms with Crippen LogP contribution in [0.2, 0.25) is 0 Å². The molecular formula is C8H15NO2. The molecule has 0 radical (unpaired) electrons. The van der Waals surface area contributed by atoms with Crippen LogP contribution in [0.4, 0.5) is 0 Å². The summed E-state index contributed by atoms with van der Waals surface area (Å²) in [6.07, 6.45) is 2.43. The average Bonchev–Trinajstić information content (AvgIpc) is 1.85. The molecule has 0 amide bonds. The van der Waals surface area contributed by atoms with Gasteiger partial charge in [-0.25, -0.2) is 0 Å². The summed E-state index contributed by atoms with van der Waals surface area (Å²) in [5.74, 6) is -0.684. The fraction of sp³-hybridized carbons (Fsp3) is 0.875. The minimum absolute atomic E-state index is 0.00984. The lowest BCUT2D eigenvalue weighted by atomic mass is 9.80. The van der Waals surface area contributed by atoms with E-state index in [-0.39, 0.29) is 5.41 Å². The van der Waals surface area contributed by atoms with Gasteiger partial charge in [0.1, 0.15) is 0 Å². The first-order valence-corrected chi connectivity index (χ1v) is 4.05. The van der Waals surface area contributed by atoms with E-state index < -0.39 is 5.97 Å². The van der Waals surface area contributed by atoms with Gasteiger partial charge in [0.25, 0.3) is 0 Å². The molecule has 1 atom stereocenters. The zero-order valence-electron chi connectivity index (χ0n) is 6.89. The van der Waals surface area contributed by atoms with E-state index in [2.05, 4.69) is 5.32 Å². The van der Waals surface area contributed by atoms with E-state index in [1.165, 1.54) is 0 Å². The van der Waals surface area contributed by atoms with Crippen LogP contribution in [-0.4, -0.2) is 24.2 Å². The summed E-state index contributed by atoms with van der Waals surface area (Å²) in [4.78, 5) is 10.4. The summed E-state index contributed by atoms with van der Waals surface area (Å²) in [5.41, 5.74) is -0.00984. The summed E-state index contributed by atoms with van der Waals surface area (Å²) in [6.45, 7) is 3.92. The van der Waals surface area contributed by atoms with Gasteiger partial charge < -0.3 is 10.4 Å². The van der Waals surface area contributed by atoms with Crippen LogP contribution < -0.4 is 5.32 Å². The Bertz CT molecular complexity index is 150. The minimum atomic E-state index is -0.684. The number of nitrogens with one attached hydrogen (secondary N) is 1. The lowest BCUT2D eigenvalue weighted by Gasteiger charge is -2.32. The molecule has 1 rings (SSSR count). The molecule has 2 N–H and O–H groups in total. The maximum Gasteiger partial charge on any atom is 0.303 e. The molecule has 1 heterocycles. The zero-order chi connectivity index (χ0) is 8.32. The molecule has 0 aromatic carbocycles. The smallest absolute Gasteiger partial charge is 0.303 e. The Hall–Kier alpha value is -0.570. The molecule has 1 aliphatic rings. The van der Waals surface area contributed by atoms with Gasteiger partial charge in [0.05, 0.1) is 6.42 Å². The van der Waals surface area contributed by atoms with Crippen LogP contribution in [-0.2, 0) is 4.79 Å². The molecule has 0 saturated carbocycles. The number of piperidine rings is 1. The van der Waals surface area contributed by atoms with Gasteiger partial charge in [-0.15, -0.1) is 0 Å². The fourth-order valence-electron chi connectivity index (χ4n) is 1.63. The lowest BCUT2D eigenvalue weighted by Crippen LogP contribution is -2.39. The lowest BCUT2D eigenvalue weighted by molar-refractivity contribution is -0.139. The quantitative estimate of drug-likeness (QED) is 0.624. The molecule has 1 aliphatic heterocycles. The second kappa shape index (κ2) is 3.22. The monoisotopic (exact) mass is 157 g/mol. The van der Waals surface area contributed by atoms with Gasteiger partial charge in [-0.2, -0.15) is 0 Å². The van der Waals surface area contributed by atoms with E-state index in [4.69, 9.17) is 5.11 Å². The highest BCUT2D eigenvalue weighted by Crippen LogP contribution is 2.28. The number of rotatable bonds is 2. The van der Waals surface area contributed by atoms with Crippen molar-refractivity contribution in [1.82, 2.24) is 5.32 Å². The van der Waals surface area contributed by atoms with Gasteiger partial charge in [-0.1, -0.05) is 6.92 Å². The van der Waals surface area contributed by atoms with Crippen molar-refractivity contribution in [2.45, 2.75) is 26.2 Å². The Kier molecular flexibility index (Phi) is 2.49. The summed E-state index contributed by atoms with van der Waals surface area (Å²) in [6, 6.07) is 0. The van der Waals surface area contributed by atoms with Crippen molar-refractivity contribution in [2.75, 3.05) is 13.1 Å². The van der Waals surface area contributed by atoms with E-state index >= 15 is 0 Å². The van der Waals surface area contributed by atoms with Crippen molar-refractivity contribution in [2.24, 2.45) is 5.41 Å². The molecule has 0 spiro atoms. The van der Waals surface area contributed by atoms with Crippen molar-refractivity contribution >= 4 is 5.97 Å². The fourth-order valence-corrected chi connectivity index (χ4v) is 1.63. The number of hydrogen-bond acceptors (Lipinski definition) is 2. The molecular weight excluding hydrogens is 142 g/mol. The summed E-state index contributed by atoms with van der Waals surface area (Å²) in [5, 5.41) is 11.8. The van der Waals surface area contributed by atoms with Crippen LogP contribution >= 0.6 is 0 Å². The van der Waals surface area contributed by atoms with E-state index in [0.717, 1.165) is 25.9 Å². The molecule has 0 aliphatic carbocycles. The van der Waals surface area contributed by atoms with Gasteiger partial charge >= 0.3 is 5.97 Å². The third kappa shape index (κ3) is 2.50. The highest BCUT2D eigenvalue weighted by Gasteiger charge is 2.28. The Morgan fingerprint density at radius 1 is 1.73 bits per heavy atom. The molecule has 0 aromatic rings. The minimum Gasteiger partial charge on any atom is -0.481 e. The van der Waals surface area contributed by atoms with Gasteiger partial charge in [0, 0.05) is 6.54 Å². The number of carboxylic acid groups (broad SMARTS) is 1. The molecule has 11 heavy (non-hydrogen) atoms. The predicted octanol–water partition coefficient (Wildman–Crippen LogP) is 0.851. The zero-order valence-corrected chi connectivity index (χ0v) is 6.89. The molecule has 1 saturated heterocycles. The molecule has 0 aromatic heterocycles. The number of carbonyl (C=O) groups is 1. The largest absolute Gasteiger partial charge is 0.481 e. The molecule has 0 bridgehead atoms. The van der Waals surface area contributed by atoms with Gasteiger partial charge in [-0.05, 0) is 24.8 Å². The molecule has 1 fully saturated rings. The van der Waals surface area contributed by atoms with Crippen molar-refractivity contribution in [3.8, 4) is 0 Å². The first-order chi connectivity index (χ1) is 5.12. The van der Waals surface area contributed by atoms with Gasteiger partial charge in [-0.3, -0.25) is 4.79 Å². The first kappa shape index (κ1) is 8.53. The van der Waals surface area contributed by atoms with Gasteiger partial charge in [0.2, 0.25) is 0 Å². The normalized spacial score (nSPS) is 31.7. The predicted molar refractivity (Wildman–Crippen MR) is 42.5 cm³/mol. The SMILES string of the molecule is CC1(CC(=O)O)CCCNC1. The standard InChI is InChI=1S/C8H15NO2/c1-8(5-7(10)11)3-2-4-9-6-8/h9H,2-6H2,1H3,(H,10,11). The van der Waals surface area contributed by atoms with Crippen molar-refractivity contribution in [3.05, 3.63) is 0 Å². The maximum absolute atomic E-state index is 10.4. The van der Waals surface area contributed by atoms with Crippen LogP contribution in [0.3, 0.4) is 0 Å². The van der Waals surface area contributed by atoms with E-state index in [9.17, 15) is 4.79 Å². The highest BCUT2D eigenvalue weighted by molar-refractivity contribution is 5.67. The van der Waals surface area contributed by atoms with E-state index in [0.29, 0.717) is 6.42 Å². The second-order valence-corrected chi connectivity index (χ2v) is 3.66. The number of hydrogen-bond donors (Lipinski definition) is 2. The van der Waals surface area contributed by atoms with Crippen molar-refractivity contribution in [1.29, 1.82) is 0 Å². The molecule has 3 nitrogen and oxygen atoms in total. The van der Waals surface area contributed by atoms with E-state index in [1.807, 2.05) is 6.92 Å². The molecule has 3 heteroatoms. The van der Waals surface area contributed by atoms with Crippen LogP contribution in [0.1, 0.15) is 26.2 Å². The maximum atomic E-state index is 10.4. The topological polar surface area (TPSA) is 49.3 Å². The van der Waals surface area contributed by atoms with Crippen molar-refractivity contribution in [3.63, 3.8) is 0 Å². The van der Waals surface area contributed by atoms with Crippen molar-refractivity contribution < 1.29 is 9.90 Å². The second-order valence-electron chi connectivity index (χ2n) is 3.66. The number of aliphatic carboxylic acids is 1. The average molecular weight is 157 g/mol. The summed E-state index contributed by atoms with van der Waals surface area (Å²) < 4.78 is 0. The van der Waals surface area contributed by atoms with Crippen LogP contribution in [0.25, 0.3) is 0 Å².